The van der Waals surface area contributed by atoms with Crippen LogP contribution in [0.15, 0.2) is 42.5 Å². The molecule has 0 bridgehead atoms. The number of benzene rings is 2. The molecular formula is C18H20F2N2. The van der Waals surface area contributed by atoms with Crippen LogP contribution in [0, 0.1) is 18.6 Å². The minimum atomic E-state index is -0.506. The number of hydrogen-bond acceptors (Lipinski definition) is 2. The van der Waals surface area contributed by atoms with Crippen molar-refractivity contribution in [1.29, 1.82) is 0 Å². The van der Waals surface area contributed by atoms with Crippen LogP contribution in [-0.4, -0.2) is 24.0 Å². The van der Waals surface area contributed by atoms with Crippen molar-refractivity contribution in [2.24, 2.45) is 5.73 Å². The smallest absolute Gasteiger partial charge is 0.129 e. The van der Waals surface area contributed by atoms with E-state index in [0.717, 1.165) is 19.2 Å². The van der Waals surface area contributed by atoms with Gasteiger partial charge in [0.25, 0.3) is 0 Å². The maximum atomic E-state index is 14.1. The van der Waals surface area contributed by atoms with Gasteiger partial charge in [0.15, 0.2) is 0 Å². The first-order valence-electron chi connectivity index (χ1n) is 7.52. The lowest BCUT2D eigenvalue weighted by Gasteiger charge is -2.17. The predicted octanol–water partition coefficient (Wildman–Crippen LogP) is 3.20. The van der Waals surface area contributed by atoms with Crippen LogP contribution in [-0.2, 0) is 6.54 Å². The number of rotatable bonds is 3. The molecule has 1 saturated heterocycles. The number of aryl methyl sites for hydroxylation is 1. The fraction of sp³-hybridized carbons (Fsp3) is 0.333. The summed E-state index contributed by atoms with van der Waals surface area (Å²) in [5.41, 5.74) is 8.42. The summed E-state index contributed by atoms with van der Waals surface area (Å²) < 4.78 is 27.5. The van der Waals surface area contributed by atoms with Crippen molar-refractivity contribution in [3.8, 4) is 0 Å². The Bertz CT molecular complexity index is 658. The van der Waals surface area contributed by atoms with Gasteiger partial charge in [-0.2, -0.15) is 0 Å². The van der Waals surface area contributed by atoms with E-state index in [9.17, 15) is 8.78 Å². The average molecular weight is 302 g/mol. The first-order chi connectivity index (χ1) is 10.5. The summed E-state index contributed by atoms with van der Waals surface area (Å²) in [5.74, 6) is -1.10. The maximum absolute atomic E-state index is 14.1. The molecule has 1 fully saturated rings. The Morgan fingerprint density at radius 1 is 1.09 bits per heavy atom. The third-order valence-electron chi connectivity index (χ3n) is 4.37. The van der Waals surface area contributed by atoms with Crippen molar-refractivity contribution in [2.75, 3.05) is 13.1 Å². The highest BCUT2D eigenvalue weighted by Gasteiger charge is 2.33. The molecule has 1 aliphatic rings. The number of halogens is 2. The molecule has 22 heavy (non-hydrogen) atoms. The number of hydrogen-bond donors (Lipinski definition) is 1. The van der Waals surface area contributed by atoms with E-state index >= 15 is 0 Å². The zero-order valence-electron chi connectivity index (χ0n) is 12.6. The van der Waals surface area contributed by atoms with Crippen LogP contribution >= 0.6 is 0 Å². The number of nitrogens with zero attached hydrogens (tertiary/aromatic N) is 1. The lowest BCUT2D eigenvalue weighted by Crippen LogP contribution is -2.29. The molecule has 0 aromatic heterocycles. The Hall–Kier alpha value is -1.78. The third kappa shape index (κ3) is 3.03. The number of nitrogens with two attached hydrogens (primary N) is 1. The van der Waals surface area contributed by atoms with Gasteiger partial charge in [-0.05, 0) is 29.7 Å². The third-order valence-corrected chi connectivity index (χ3v) is 4.37. The molecule has 4 heteroatoms. The molecule has 2 aromatic rings. The van der Waals surface area contributed by atoms with Gasteiger partial charge in [0.1, 0.15) is 11.6 Å². The Morgan fingerprint density at radius 2 is 1.82 bits per heavy atom. The maximum Gasteiger partial charge on any atom is 0.129 e. The second-order valence-electron chi connectivity index (χ2n) is 6.07. The molecule has 0 spiro atoms. The molecule has 116 valence electrons. The SMILES string of the molecule is Cc1cc([C@@H]2CN(Cc3ccccc3)C[C@H]2N)c(F)cc1F. The summed E-state index contributed by atoms with van der Waals surface area (Å²) in [7, 11) is 0. The predicted molar refractivity (Wildman–Crippen MR) is 83.5 cm³/mol. The molecular weight excluding hydrogens is 282 g/mol. The van der Waals surface area contributed by atoms with E-state index in [1.165, 1.54) is 5.56 Å². The monoisotopic (exact) mass is 302 g/mol. The van der Waals surface area contributed by atoms with Crippen LogP contribution in [0.1, 0.15) is 22.6 Å². The molecule has 2 nitrogen and oxygen atoms in total. The first kappa shape index (κ1) is 15.1. The number of likely N-dealkylation sites (tertiary alicyclic amines) is 1. The van der Waals surface area contributed by atoms with Gasteiger partial charge in [0.2, 0.25) is 0 Å². The average Bonchev–Trinajstić information content (AvgIpc) is 2.84. The van der Waals surface area contributed by atoms with Gasteiger partial charge in [-0.15, -0.1) is 0 Å². The molecule has 0 unspecified atom stereocenters. The van der Waals surface area contributed by atoms with Gasteiger partial charge in [-0.25, -0.2) is 8.78 Å². The minimum Gasteiger partial charge on any atom is -0.326 e. The van der Waals surface area contributed by atoms with Crippen molar-refractivity contribution in [2.45, 2.75) is 25.4 Å². The van der Waals surface area contributed by atoms with Crippen LogP contribution in [0.2, 0.25) is 0 Å². The fourth-order valence-corrected chi connectivity index (χ4v) is 3.18. The van der Waals surface area contributed by atoms with E-state index < -0.39 is 11.6 Å². The summed E-state index contributed by atoms with van der Waals surface area (Å²) in [5, 5.41) is 0. The summed E-state index contributed by atoms with van der Waals surface area (Å²) in [6.07, 6.45) is 0. The van der Waals surface area contributed by atoms with Gasteiger partial charge >= 0.3 is 0 Å². The zero-order chi connectivity index (χ0) is 15.7. The van der Waals surface area contributed by atoms with Gasteiger partial charge < -0.3 is 5.73 Å². The highest BCUT2D eigenvalue weighted by molar-refractivity contribution is 5.31. The summed E-state index contributed by atoms with van der Waals surface area (Å²) in [4.78, 5) is 2.22. The lowest BCUT2D eigenvalue weighted by atomic mass is 9.93. The van der Waals surface area contributed by atoms with Crippen LogP contribution in [0.5, 0.6) is 0 Å². The first-order valence-corrected chi connectivity index (χ1v) is 7.52. The van der Waals surface area contributed by atoms with Crippen LogP contribution in [0.25, 0.3) is 0 Å². The van der Waals surface area contributed by atoms with Crippen molar-refractivity contribution >= 4 is 0 Å². The van der Waals surface area contributed by atoms with Crippen molar-refractivity contribution in [1.82, 2.24) is 4.90 Å². The van der Waals surface area contributed by atoms with Crippen molar-refractivity contribution < 1.29 is 8.78 Å². The molecule has 0 amide bonds. The topological polar surface area (TPSA) is 29.3 Å². The molecule has 0 saturated carbocycles. The van der Waals surface area contributed by atoms with Gasteiger partial charge in [0, 0.05) is 37.7 Å². The highest BCUT2D eigenvalue weighted by Crippen LogP contribution is 2.30. The molecule has 2 atom stereocenters. The summed E-state index contributed by atoms with van der Waals surface area (Å²) in [6, 6.07) is 12.6. The molecule has 3 rings (SSSR count). The molecule has 2 N–H and O–H groups in total. The van der Waals surface area contributed by atoms with Crippen molar-refractivity contribution in [3.63, 3.8) is 0 Å². The van der Waals surface area contributed by atoms with Crippen LogP contribution in [0.4, 0.5) is 8.78 Å². The molecule has 0 radical (unpaired) electrons. The van der Waals surface area contributed by atoms with E-state index in [1.807, 2.05) is 18.2 Å². The van der Waals surface area contributed by atoms with Gasteiger partial charge in [-0.3, -0.25) is 4.90 Å². The van der Waals surface area contributed by atoms with Gasteiger partial charge in [-0.1, -0.05) is 30.3 Å². The normalized spacial score (nSPS) is 22.2. The molecule has 0 aliphatic carbocycles. The zero-order valence-corrected chi connectivity index (χ0v) is 12.6. The van der Waals surface area contributed by atoms with Gasteiger partial charge in [0.05, 0.1) is 0 Å². The molecule has 1 heterocycles. The van der Waals surface area contributed by atoms with E-state index in [-0.39, 0.29) is 12.0 Å². The quantitative estimate of drug-likeness (QED) is 0.943. The largest absolute Gasteiger partial charge is 0.326 e. The second-order valence-corrected chi connectivity index (χ2v) is 6.07. The highest BCUT2D eigenvalue weighted by atomic mass is 19.1. The van der Waals surface area contributed by atoms with Crippen molar-refractivity contribution in [3.05, 3.63) is 70.8 Å². The second kappa shape index (κ2) is 6.15. The summed E-state index contributed by atoms with van der Waals surface area (Å²) in [6.45, 7) is 3.86. The fourth-order valence-electron chi connectivity index (χ4n) is 3.18. The summed E-state index contributed by atoms with van der Waals surface area (Å²) >= 11 is 0. The Labute approximate surface area is 129 Å². The Balaban J connectivity index is 1.78. The van der Waals surface area contributed by atoms with E-state index in [0.29, 0.717) is 17.7 Å². The lowest BCUT2D eigenvalue weighted by molar-refractivity contribution is 0.323. The van der Waals surface area contributed by atoms with Crippen LogP contribution < -0.4 is 5.73 Å². The van der Waals surface area contributed by atoms with E-state index in [4.69, 9.17) is 5.73 Å². The molecule has 1 aliphatic heterocycles. The van der Waals surface area contributed by atoms with E-state index in [1.54, 1.807) is 13.0 Å². The molecule has 2 aromatic carbocycles. The van der Waals surface area contributed by atoms with E-state index in [2.05, 4.69) is 17.0 Å². The minimum absolute atomic E-state index is 0.0944. The Morgan fingerprint density at radius 3 is 2.55 bits per heavy atom. The Kier molecular flexibility index (Phi) is 4.23. The standard InChI is InChI=1S/C18H20F2N2/c1-12-7-14(17(20)8-16(12)19)15-10-22(11-18(15)21)9-13-5-3-2-4-6-13/h2-8,15,18H,9-11,21H2,1H3/t15-,18+/m0/s1. The van der Waals surface area contributed by atoms with Crippen LogP contribution in [0.3, 0.4) is 0 Å².